The van der Waals surface area contributed by atoms with E-state index in [4.69, 9.17) is 10.8 Å². The second-order valence-corrected chi connectivity index (χ2v) is 2.30. The average Bonchev–Trinajstić information content (AvgIpc) is 1.87. The first kappa shape index (κ1) is 9.17. The van der Waals surface area contributed by atoms with Crippen molar-refractivity contribution in [1.29, 1.82) is 0 Å². The molecule has 0 aliphatic carbocycles. The molecule has 3 N–H and O–H groups in total. The van der Waals surface area contributed by atoms with Crippen molar-refractivity contribution in [2.24, 2.45) is 11.7 Å². The van der Waals surface area contributed by atoms with E-state index >= 15 is 0 Å². The summed E-state index contributed by atoms with van der Waals surface area (Å²) in [5, 5.41) is 8.47. The number of aliphatic hydroxyl groups excluding tert-OH is 1. The zero-order chi connectivity index (χ0) is 8.15. The Morgan fingerprint density at radius 3 is 2.60 bits per heavy atom. The molecule has 0 radical (unpaired) electrons. The van der Waals surface area contributed by atoms with Crippen molar-refractivity contribution in [3.63, 3.8) is 0 Å². The Balaban J connectivity index is 3.82. The topological polar surface area (TPSA) is 63.3 Å². The number of primary amides is 1. The molecule has 0 fully saturated rings. The van der Waals surface area contributed by atoms with E-state index in [2.05, 4.69) is 6.58 Å². The molecule has 10 heavy (non-hydrogen) atoms. The van der Waals surface area contributed by atoms with Gasteiger partial charge in [-0.05, 0) is 12.3 Å². The standard InChI is InChI=1S/C7H13NO2/c1-5(3-4-9)6(2)7(8)10/h5,9H,2-4H2,1H3,(H2,8,10). The molecular weight excluding hydrogens is 130 g/mol. The highest BCUT2D eigenvalue weighted by Crippen LogP contribution is 2.10. The van der Waals surface area contributed by atoms with Gasteiger partial charge in [0.2, 0.25) is 5.91 Å². The molecule has 0 aromatic rings. The van der Waals surface area contributed by atoms with Gasteiger partial charge in [-0.25, -0.2) is 0 Å². The Labute approximate surface area is 60.5 Å². The minimum absolute atomic E-state index is 0.0116. The first-order chi connectivity index (χ1) is 4.59. The van der Waals surface area contributed by atoms with Crippen molar-refractivity contribution in [2.75, 3.05) is 6.61 Å². The van der Waals surface area contributed by atoms with E-state index in [0.29, 0.717) is 12.0 Å². The molecule has 3 nitrogen and oxygen atoms in total. The number of carbonyl (C=O) groups is 1. The average molecular weight is 143 g/mol. The van der Waals surface area contributed by atoms with E-state index in [-0.39, 0.29) is 12.5 Å². The molecule has 0 heterocycles. The van der Waals surface area contributed by atoms with Crippen molar-refractivity contribution in [2.45, 2.75) is 13.3 Å². The van der Waals surface area contributed by atoms with Crippen molar-refractivity contribution in [3.8, 4) is 0 Å². The van der Waals surface area contributed by atoms with Gasteiger partial charge in [-0.15, -0.1) is 0 Å². The van der Waals surface area contributed by atoms with E-state index < -0.39 is 5.91 Å². The molecule has 0 saturated heterocycles. The highest BCUT2D eigenvalue weighted by molar-refractivity contribution is 5.91. The number of rotatable bonds is 4. The number of hydrogen-bond donors (Lipinski definition) is 2. The highest BCUT2D eigenvalue weighted by atomic mass is 16.3. The third kappa shape index (κ3) is 2.64. The zero-order valence-electron chi connectivity index (χ0n) is 6.13. The molecule has 0 rings (SSSR count). The van der Waals surface area contributed by atoms with Crippen LogP contribution in [0.3, 0.4) is 0 Å². The molecule has 1 unspecified atom stereocenters. The zero-order valence-corrected chi connectivity index (χ0v) is 6.13. The molecule has 3 heteroatoms. The number of nitrogens with two attached hydrogens (primary N) is 1. The smallest absolute Gasteiger partial charge is 0.244 e. The summed E-state index contributed by atoms with van der Waals surface area (Å²) in [5.41, 5.74) is 5.33. The molecule has 1 amide bonds. The summed E-state index contributed by atoms with van der Waals surface area (Å²) in [7, 11) is 0. The fourth-order valence-corrected chi connectivity index (χ4v) is 0.611. The lowest BCUT2D eigenvalue weighted by molar-refractivity contribution is -0.115. The van der Waals surface area contributed by atoms with Gasteiger partial charge in [-0.2, -0.15) is 0 Å². The number of aliphatic hydroxyl groups is 1. The third-order valence-corrected chi connectivity index (χ3v) is 1.47. The number of hydrogen-bond acceptors (Lipinski definition) is 2. The maximum atomic E-state index is 10.5. The van der Waals surface area contributed by atoms with Crippen molar-refractivity contribution >= 4 is 5.91 Å². The van der Waals surface area contributed by atoms with Gasteiger partial charge in [0.15, 0.2) is 0 Å². The Hall–Kier alpha value is -0.830. The molecule has 0 aromatic heterocycles. The Kier molecular flexibility index (Phi) is 3.72. The lowest BCUT2D eigenvalue weighted by Crippen LogP contribution is -2.18. The summed E-state index contributed by atoms with van der Waals surface area (Å²) in [5.74, 6) is -0.497. The summed E-state index contributed by atoms with van der Waals surface area (Å²) in [4.78, 5) is 10.5. The van der Waals surface area contributed by atoms with E-state index in [0.717, 1.165) is 0 Å². The van der Waals surface area contributed by atoms with Crippen LogP contribution in [0.5, 0.6) is 0 Å². The minimum atomic E-state index is -0.485. The van der Waals surface area contributed by atoms with Crippen molar-refractivity contribution < 1.29 is 9.90 Å². The van der Waals surface area contributed by atoms with Crippen LogP contribution in [0.25, 0.3) is 0 Å². The van der Waals surface area contributed by atoms with Crippen LogP contribution in [0.15, 0.2) is 12.2 Å². The molecule has 0 aliphatic rings. The van der Waals surface area contributed by atoms with Gasteiger partial charge in [-0.3, -0.25) is 4.79 Å². The van der Waals surface area contributed by atoms with Gasteiger partial charge in [-0.1, -0.05) is 13.5 Å². The van der Waals surface area contributed by atoms with Crippen LogP contribution in [0.2, 0.25) is 0 Å². The van der Waals surface area contributed by atoms with Crippen LogP contribution >= 0.6 is 0 Å². The van der Waals surface area contributed by atoms with E-state index in [9.17, 15) is 4.79 Å². The van der Waals surface area contributed by atoms with Crippen LogP contribution < -0.4 is 5.73 Å². The maximum absolute atomic E-state index is 10.5. The van der Waals surface area contributed by atoms with E-state index in [1.807, 2.05) is 6.92 Å². The fraction of sp³-hybridized carbons (Fsp3) is 0.571. The molecule has 0 bridgehead atoms. The summed E-state index contributed by atoms with van der Waals surface area (Å²) in [6.07, 6.45) is 0.543. The van der Waals surface area contributed by atoms with Crippen LogP contribution in [0.4, 0.5) is 0 Å². The quantitative estimate of drug-likeness (QED) is 0.546. The third-order valence-electron chi connectivity index (χ3n) is 1.47. The summed E-state index contributed by atoms with van der Waals surface area (Å²) >= 11 is 0. The Bertz CT molecular complexity index is 143. The van der Waals surface area contributed by atoms with Crippen LogP contribution in [-0.2, 0) is 4.79 Å². The SMILES string of the molecule is C=C(C(N)=O)C(C)CCO. The normalized spacial score (nSPS) is 12.6. The van der Waals surface area contributed by atoms with Crippen LogP contribution in [0, 0.1) is 5.92 Å². The van der Waals surface area contributed by atoms with Gasteiger partial charge in [0.1, 0.15) is 0 Å². The second kappa shape index (κ2) is 4.06. The largest absolute Gasteiger partial charge is 0.396 e. The molecular formula is C7H13NO2. The van der Waals surface area contributed by atoms with E-state index in [1.54, 1.807) is 0 Å². The Morgan fingerprint density at radius 2 is 2.30 bits per heavy atom. The number of amides is 1. The first-order valence-corrected chi connectivity index (χ1v) is 3.19. The van der Waals surface area contributed by atoms with Crippen molar-refractivity contribution in [1.82, 2.24) is 0 Å². The van der Waals surface area contributed by atoms with Gasteiger partial charge in [0.05, 0.1) is 0 Å². The lowest BCUT2D eigenvalue weighted by Gasteiger charge is -2.08. The summed E-state index contributed by atoms with van der Waals surface area (Å²) in [6.45, 7) is 5.36. The molecule has 1 atom stereocenters. The van der Waals surface area contributed by atoms with Gasteiger partial charge >= 0.3 is 0 Å². The van der Waals surface area contributed by atoms with Gasteiger partial charge < -0.3 is 10.8 Å². The monoisotopic (exact) mass is 143 g/mol. The second-order valence-electron chi connectivity index (χ2n) is 2.30. The fourth-order valence-electron chi connectivity index (χ4n) is 0.611. The predicted molar refractivity (Wildman–Crippen MR) is 39.2 cm³/mol. The van der Waals surface area contributed by atoms with Gasteiger partial charge in [0.25, 0.3) is 0 Å². The van der Waals surface area contributed by atoms with Crippen molar-refractivity contribution in [3.05, 3.63) is 12.2 Å². The molecule has 0 spiro atoms. The molecule has 0 aliphatic heterocycles. The van der Waals surface area contributed by atoms with E-state index in [1.165, 1.54) is 0 Å². The first-order valence-electron chi connectivity index (χ1n) is 3.19. The molecule has 0 saturated carbocycles. The lowest BCUT2D eigenvalue weighted by atomic mass is 9.99. The molecule has 0 aromatic carbocycles. The summed E-state index contributed by atoms with van der Waals surface area (Å²) in [6, 6.07) is 0. The minimum Gasteiger partial charge on any atom is -0.396 e. The van der Waals surface area contributed by atoms with Crippen LogP contribution in [0.1, 0.15) is 13.3 Å². The Morgan fingerprint density at radius 1 is 1.80 bits per heavy atom. The summed E-state index contributed by atoms with van der Waals surface area (Å²) < 4.78 is 0. The van der Waals surface area contributed by atoms with Gasteiger partial charge in [0, 0.05) is 12.2 Å². The number of carbonyl (C=O) groups excluding carboxylic acids is 1. The molecule has 58 valence electrons. The highest BCUT2D eigenvalue weighted by Gasteiger charge is 2.09. The van der Waals surface area contributed by atoms with Crippen LogP contribution in [-0.4, -0.2) is 17.6 Å². The predicted octanol–water partition coefficient (Wildman–Crippen LogP) is 0.0464. The maximum Gasteiger partial charge on any atom is 0.244 e.